The maximum atomic E-state index is 13.0. The molecular weight excluding hydrogens is 387 g/mol. The van der Waals surface area contributed by atoms with Gasteiger partial charge in [-0.3, -0.25) is 4.79 Å². The summed E-state index contributed by atoms with van der Waals surface area (Å²) in [5.74, 6) is -0.141. The Balaban J connectivity index is 1.42. The lowest BCUT2D eigenvalue weighted by Crippen LogP contribution is -2.24. The number of ether oxygens (including phenoxy) is 1. The van der Waals surface area contributed by atoms with Crippen molar-refractivity contribution in [2.75, 3.05) is 6.61 Å². The zero-order chi connectivity index (χ0) is 21.5. The summed E-state index contributed by atoms with van der Waals surface area (Å²) in [6.07, 6.45) is 6.46. The third-order valence-corrected chi connectivity index (χ3v) is 6.97. The van der Waals surface area contributed by atoms with Gasteiger partial charge in [-0.25, -0.2) is 4.39 Å². The molecule has 6 atom stereocenters. The molecule has 168 valence electrons. The van der Waals surface area contributed by atoms with Crippen molar-refractivity contribution in [3.05, 3.63) is 35.6 Å². The summed E-state index contributed by atoms with van der Waals surface area (Å²) in [4.78, 5) is 10.7. The molecule has 0 spiro atoms. The predicted molar refractivity (Wildman–Crippen MR) is 112 cm³/mol. The Labute approximate surface area is 178 Å². The second-order valence-corrected chi connectivity index (χ2v) is 9.13. The number of aryl methyl sites for hydroxylation is 1. The largest absolute Gasteiger partial charge is 0.481 e. The topological polar surface area (TPSA) is 87.0 Å². The Bertz CT molecular complexity index is 664. The lowest BCUT2D eigenvalue weighted by Gasteiger charge is -2.24. The van der Waals surface area contributed by atoms with Crippen LogP contribution in [0.15, 0.2) is 24.3 Å². The van der Waals surface area contributed by atoms with E-state index in [0.29, 0.717) is 50.5 Å². The fourth-order valence-corrected chi connectivity index (χ4v) is 5.20. The molecule has 0 bridgehead atoms. The molecule has 1 heterocycles. The summed E-state index contributed by atoms with van der Waals surface area (Å²) in [5, 5.41) is 29.8. The molecule has 1 aromatic carbocycles. The van der Waals surface area contributed by atoms with Crippen LogP contribution in [0, 0.1) is 23.6 Å². The van der Waals surface area contributed by atoms with Crippen LogP contribution in [0.25, 0.3) is 0 Å². The van der Waals surface area contributed by atoms with E-state index in [2.05, 4.69) is 0 Å². The SMILES string of the molecule is O=C(O)CCC[C@H]1CC[C@@H]2[C@@H](CC[C@@H](O)CCc3ccc(F)cc3)[C@H](O)C[C@@H]2OC1. The molecule has 1 saturated carbocycles. The van der Waals surface area contributed by atoms with Crippen LogP contribution in [0.1, 0.15) is 63.4 Å². The predicted octanol–water partition coefficient (Wildman–Crippen LogP) is 3.95. The van der Waals surface area contributed by atoms with Gasteiger partial charge < -0.3 is 20.1 Å². The summed E-state index contributed by atoms with van der Waals surface area (Å²) >= 11 is 0. The highest BCUT2D eigenvalue weighted by atomic mass is 19.1. The van der Waals surface area contributed by atoms with Crippen LogP contribution in [-0.2, 0) is 16.0 Å². The Morgan fingerprint density at radius 3 is 2.67 bits per heavy atom. The normalized spacial score (nSPS) is 29.9. The molecule has 1 saturated heterocycles. The van der Waals surface area contributed by atoms with Crippen molar-refractivity contribution in [2.45, 2.75) is 82.5 Å². The zero-order valence-electron chi connectivity index (χ0n) is 17.6. The third-order valence-electron chi connectivity index (χ3n) is 6.97. The smallest absolute Gasteiger partial charge is 0.303 e. The maximum absolute atomic E-state index is 13.0. The third kappa shape index (κ3) is 6.76. The number of halogens is 1. The molecule has 2 aliphatic rings. The highest BCUT2D eigenvalue weighted by molar-refractivity contribution is 5.66. The van der Waals surface area contributed by atoms with E-state index in [1.165, 1.54) is 12.1 Å². The molecule has 1 aromatic rings. The maximum Gasteiger partial charge on any atom is 0.303 e. The first-order chi connectivity index (χ1) is 14.4. The molecule has 0 aromatic heterocycles. The number of rotatable bonds is 10. The van der Waals surface area contributed by atoms with Gasteiger partial charge in [0.05, 0.1) is 18.3 Å². The highest BCUT2D eigenvalue weighted by Crippen LogP contribution is 2.43. The van der Waals surface area contributed by atoms with Crippen molar-refractivity contribution in [3.63, 3.8) is 0 Å². The molecule has 5 nitrogen and oxygen atoms in total. The van der Waals surface area contributed by atoms with E-state index in [1.807, 2.05) is 0 Å². The van der Waals surface area contributed by atoms with Crippen LogP contribution in [0.5, 0.6) is 0 Å². The zero-order valence-corrected chi connectivity index (χ0v) is 17.6. The average molecular weight is 423 g/mol. The molecule has 6 heteroatoms. The minimum Gasteiger partial charge on any atom is -0.481 e. The number of carbonyl (C=O) groups is 1. The quantitative estimate of drug-likeness (QED) is 0.532. The van der Waals surface area contributed by atoms with E-state index < -0.39 is 12.1 Å². The Morgan fingerprint density at radius 2 is 1.93 bits per heavy atom. The first-order valence-electron chi connectivity index (χ1n) is 11.4. The Morgan fingerprint density at radius 1 is 1.17 bits per heavy atom. The van der Waals surface area contributed by atoms with Gasteiger partial charge in [-0.2, -0.15) is 0 Å². The molecule has 1 aliphatic heterocycles. The van der Waals surface area contributed by atoms with Crippen LogP contribution < -0.4 is 0 Å². The molecule has 2 fully saturated rings. The van der Waals surface area contributed by atoms with Crippen LogP contribution in [0.3, 0.4) is 0 Å². The number of carboxylic acids is 1. The fraction of sp³-hybridized carbons (Fsp3) is 0.708. The van der Waals surface area contributed by atoms with Crippen LogP contribution in [-0.4, -0.2) is 46.2 Å². The fourth-order valence-electron chi connectivity index (χ4n) is 5.20. The summed E-state index contributed by atoms with van der Waals surface area (Å²) in [6, 6.07) is 6.39. The van der Waals surface area contributed by atoms with Crippen molar-refractivity contribution < 1.29 is 29.2 Å². The van der Waals surface area contributed by atoms with Crippen molar-refractivity contribution >= 4 is 5.97 Å². The van der Waals surface area contributed by atoms with E-state index in [-0.39, 0.29) is 30.4 Å². The van der Waals surface area contributed by atoms with E-state index >= 15 is 0 Å². The van der Waals surface area contributed by atoms with Crippen molar-refractivity contribution in [1.29, 1.82) is 0 Å². The van der Waals surface area contributed by atoms with Crippen molar-refractivity contribution in [1.82, 2.24) is 0 Å². The van der Waals surface area contributed by atoms with Gasteiger partial charge in [-0.15, -0.1) is 0 Å². The molecule has 0 radical (unpaired) electrons. The molecule has 30 heavy (non-hydrogen) atoms. The van der Waals surface area contributed by atoms with E-state index in [1.54, 1.807) is 12.1 Å². The molecule has 3 rings (SSSR count). The summed E-state index contributed by atoms with van der Waals surface area (Å²) in [5.41, 5.74) is 1.02. The molecule has 3 N–H and O–H groups in total. The van der Waals surface area contributed by atoms with Gasteiger partial charge in [-0.1, -0.05) is 12.1 Å². The minimum absolute atomic E-state index is 0.0748. The molecule has 0 unspecified atom stereocenters. The summed E-state index contributed by atoms with van der Waals surface area (Å²) in [6.45, 7) is 0.653. The Hall–Kier alpha value is -1.50. The van der Waals surface area contributed by atoms with Crippen LogP contribution in [0.2, 0.25) is 0 Å². The summed E-state index contributed by atoms with van der Waals surface area (Å²) < 4.78 is 19.1. The number of carboxylic acid groups (broad SMARTS) is 1. The van der Waals surface area contributed by atoms with E-state index in [4.69, 9.17) is 9.84 Å². The van der Waals surface area contributed by atoms with Gasteiger partial charge in [0.15, 0.2) is 0 Å². The van der Waals surface area contributed by atoms with Gasteiger partial charge in [0.1, 0.15) is 5.82 Å². The first kappa shape index (κ1) is 23.2. The van der Waals surface area contributed by atoms with E-state index in [9.17, 15) is 19.4 Å². The monoisotopic (exact) mass is 422 g/mol. The van der Waals surface area contributed by atoms with Crippen molar-refractivity contribution in [2.24, 2.45) is 17.8 Å². The number of fused-ring (bicyclic) bond motifs is 1. The van der Waals surface area contributed by atoms with E-state index in [0.717, 1.165) is 31.2 Å². The van der Waals surface area contributed by atoms with Gasteiger partial charge in [0.2, 0.25) is 0 Å². The number of hydrogen-bond donors (Lipinski definition) is 3. The molecule has 0 amide bonds. The molecular formula is C24H35FO5. The lowest BCUT2D eigenvalue weighted by molar-refractivity contribution is -0.137. The minimum atomic E-state index is -0.748. The number of aliphatic hydroxyl groups excluding tert-OH is 2. The first-order valence-corrected chi connectivity index (χ1v) is 11.4. The Kier molecular flexibility index (Phi) is 8.66. The number of benzene rings is 1. The average Bonchev–Trinajstić information content (AvgIpc) is 2.87. The lowest BCUT2D eigenvalue weighted by atomic mass is 9.83. The molecule has 1 aliphatic carbocycles. The van der Waals surface area contributed by atoms with Gasteiger partial charge in [0, 0.05) is 19.4 Å². The van der Waals surface area contributed by atoms with Gasteiger partial charge >= 0.3 is 5.97 Å². The summed E-state index contributed by atoms with van der Waals surface area (Å²) in [7, 11) is 0. The van der Waals surface area contributed by atoms with Crippen LogP contribution >= 0.6 is 0 Å². The number of aliphatic hydroxyl groups is 2. The number of hydrogen-bond acceptors (Lipinski definition) is 4. The second-order valence-electron chi connectivity index (χ2n) is 9.13. The second kappa shape index (κ2) is 11.2. The standard InChI is InChI=1S/C24H35FO5/c25-18-8-4-16(5-9-18)6-10-19(26)11-13-20-21-12-7-17(2-1-3-24(28)29)15-30-23(21)14-22(20)27/h4-5,8-9,17,19-23,26-27H,1-3,6-7,10-15H2,(H,28,29)/t17-,19-,20+,21+,22+,23-/m0/s1. The van der Waals surface area contributed by atoms with Crippen molar-refractivity contribution in [3.8, 4) is 0 Å². The van der Waals surface area contributed by atoms with Crippen LogP contribution in [0.4, 0.5) is 4.39 Å². The van der Waals surface area contributed by atoms with Gasteiger partial charge in [-0.05, 0) is 86.8 Å². The van der Waals surface area contributed by atoms with Gasteiger partial charge in [0.25, 0.3) is 0 Å². The number of aliphatic carboxylic acids is 1. The highest BCUT2D eigenvalue weighted by Gasteiger charge is 2.44.